The Hall–Kier alpha value is -3.55. The van der Waals surface area contributed by atoms with Crippen LogP contribution in [-0.2, 0) is 16.0 Å². The van der Waals surface area contributed by atoms with Crippen molar-refractivity contribution >= 4 is 5.97 Å². The van der Waals surface area contributed by atoms with Gasteiger partial charge >= 0.3 is 5.97 Å². The van der Waals surface area contributed by atoms with E-state index < -0.39 is 12.1 Å². The fourth-order valence-electron chi connectivity index (χ4n) is 2.79. The molecule has 1 atom stereocenters. The fraction of sp³-hybridized carbons (Fsp3) is 0.286. The topological polar surface area (TPSA) is 92.9 Å². The SMILES string of the molecule is COc1cc(CC(=O)O[C@H](C)c2nnc(-c3ccccc3)o2)cc(OC)c1OC. The highest BCUT2D eigenvalue weighted by Gasteiger charge is 2.20. The van der Waals surface area contributed by atoms with Crippen molar-refractivity contribution in [1.29, 1.82) is 0 Å². The summed E-state index contributed by atoms with van der Waals surface area (Å²) in [5.74, 6) is 1.53. The van der Waals surface area contributed by atoms with Crippen LogP contribution >= 0.6 is 0 Å². The van der Waals surface area contributed by atoms with E-state index >= 15 is 0 Å². The van der Waals surface area contributed by atoms with Crippen LogP contribution in [0.5, 0.6) is 17.2 Å². The summed E-state index contributed by atoms with van der Waals surface area (Å²) >= 11 is 0. The second kappa shape index (κ2) is 9.09. The average molecular weight is 398 g/mol. The lowest BCUT2D eigenvalue weighted by atomic mass is 10.1. The standard InChI is InChI=1S/C21H22N2O6/c1-13(20-22-23-21(29-20)15-8-6-5-7-9-15)28-18(24)12-14-10-16(25-2)19(27-4)17(11-14)26-3/h5-11,13H,12H2,1-4H3/t13-/m1/s1. The van der Waals surface area contributed by atoms with Crippen LogP contribution in [0, 0.1) is 0 Å². The van der Waals surface area contributed by atoms with Crippen LogP contribution in [0.4, 0.5) is 0 Å². The van der Waals surface area contributed by atoms with Gasteiger partial charge in [-0.15, -0.1) is 10.2 Å². The number of ether oxygens (including phenoxy) is 4. The zero-order valence-electron chi connectivity index (χ0n) is 16.7. The van der Waals surface area contributed by atoms with Crippen molar-refractivity contribution in [3.8, 4) is 28.7 Å². The number of carbonyl (C=O) groups is 1. The van der Waals surface area contributed by atoms with Gasteiger partial charge in [-0.3, -0.25) is 4.79 Å². The molecule has 0 saturated heterocycles. The molecule has 0 aliphatic heterocycles. The van der Waals surface area contributed by atoms with E-state index in [4.69, 9.17) is 23.4 Å². The Morgan fingerprint density at radius 1 is 1.00 bits per heavy atom. The summed E-state index contributed by atoms with van der Waals surface area (Å²) in [4.78, 5) is 12.4. The Morgan fingerprint density at radius 2 is 1.66 bits per heavy atom. The normalized spacial score (nSPS) is 11.6. The molecule has 0 fully saturated rings. The van der Waals surface area contributed by atoms with Gasteiger partial charge in [-0.05, 0) is 36.8 Å². The van der Waals surface area contributed by atoms with E-state index in [0.29, 0.717) is 28.7 Å². The number of nitrogens with zero attached hydrogens (tertiary/aromatic N) is 2. The van der Waals surface area contributed by atoms with Gasteiger partial charge in [0, 0.05) is 5.56 Å². The fourth-order valence-corrected chi connectivity index (χ4v) is 2.79. The van der Waals surface area contributed by atoms with Crippen molar-refractivity contribution in [3.05, 3.63) is 53.9 Å². The average Bonchev–Trinajstić information content (AvgIpc) is 3.24. The van der Waals surface area contributed by atoms with Gasteiger partial charge in [0.25, 0.3) is 5.89 Å². The number of rotatable bonds is 8. The van der Waals surface area contributed by atoms with Crippen LogP contribution in [0.25, 0.3) is 11.5 Å². The zero-order chi connectivity index (χ0) is 20.8. The molecule has 0 spiro atoms. The van der Waals surface area contributed by atoms with E-state index in [1.165, 1.54) is 21.3 Å². The third-order valence-corrected chi connectivity index (χ3v) is 4.19. The van der Waals surface area contributed by atoms with Crippen molar-refractivity contribution in [1.82, 2.24) is 10.2 Å². The van der Waals surface area contributed by atoms with Crippen LogP contribution in [-0.4, -0.2) is 37.5 Å². The van der Waals surface area contributed by atoms with Gasteiger partial charge in [0.15, 0.2) is 17.6 Å². The van der Waals surface area contributed by atoms with Crippen molar-refractivity contribution in [3.63, 3.8) is 0 Å². The van der Waals surface area contributed by atoms with Crippen LogP contribution in [0.15, 0.2) is 46.9 Å². The summed E-state index contributed by atoms with van der Waals surface area (Å²) in [6.07, 6.45) is -0.671. The number of benzene rings is 2. The maximum Gasteiger partial charge on any atom is 0.311 e. The Balaban J connectivity index is 1.69. The first-order valence-electron chi connectivity index (χ1n) is 8.93. The molecule has 8 nitrogen and oxygen atoms in total. The summed E-state index contributed by atoms with van der Waals surface area (Å²) in [6.45, 7) is 1.68. The molecule has 8 heteroatoms. The van der Waals surface area contributed by atoms with E-state index in [2.05, 4.69) is 10.2 Å². The molecule has 0 aliphatic rings. The van der Waals surface area contributed by atoms with Crippen LogP contribution in [0.1, 0.15) is 24.5 Å². The van der Waals surface area contributed by atoms with Gasteiger partial charge in [-0.25, -0.2) is 0 Å². The van der Waals surface area contributed by atoms with Crippen LogP contribution < -0.4 is 14.2 Å². The van der Waals surface area contributed by atoms with E-state index in [1.807, 2.05) is 30.3 Å². The molecule has 0 radical (unpaired) electrons. The largest absolute Gasteiger partial charge is 0.493 e. The number of hydrogen-bond donors (Lipinski definition) is 0. The third-order valence-electron chi connectivity index (χ3n) is 4.19. The molecule has 0 aliphatic carbocycles. The lowest BCUT2D eigenvalue weighted by molar-refractivity contribution is -0.148. The number of esters is 1. The molecule has 3 rings (SSSR count). The maximum absolute atomic E-state index is 12.4. The monoisotopic (exact) mass is 398 g/mol. The first-order chi connectivity index (χ1) is 14.0. The van der Waals surface area contributed by atoms with Crippen LogP contribution in [0.2, 0.25) is 0 Å². The molecule has 0 unspecified atom stereocenters. The highest BCUT2D eigenvalue weighted by Crippen LogP contribution is 2.38. The Morgan fingerprint density at radius 3 is 2.24 bits per heavy atom. The van der Waals surface area contributed by atoms with E-state index in [0.717, 1.165) is 5.56 Å². The summed E-state index contributed by atoms with van der Waals surface area (Å²) in [6, 6.07) is 12.8. The van der Waals surface area contributed by atoms with Crippen molar-refractivity contribution in [2.24, 2.45) is 0 Å². The summed E-state index contributed by atoms with van der Waals surface area (Å²) < 4.78 is 27.0. The molecule has 1 aromatic heterocycles. The number of hydrogen-bond acceptors (Lipinski definition) is 8. The zero-order valence-corrected chi connectivity index (χ0v) is 16.7. The molecule has 1 heterocycles. The van der Waals surface area contributed by atoms with E-state index in [1.54, 1.807) is 19.1 Å². The molecule has 0 saturated carbocycles. The number of methoxy groups -OCH3 is 3. The first kappa shape index (κ1) is 20.2. The van der Waals surface area contributed by atoms with Crippen molar-refractivity contribution in [2.45, 2.75) is 19.4 Å². The highest BCUT2D eigenvalue weighted by atomic mass is 16.6. The predicted octanol–water partition coefficient (Wildman–Crippen LogP) is 3.61. The molecular formula is C21H22N2O6. The molecule has 2 aromatic carbocycles. The second-order valence-electron chi connectivity index (χ2n) is 6.15. The summed E-state index contributed by atoms with van der Waals surface area (Å²) in [5.41, 5.74) is 1.45. The van der Waals surface area contributed by atoms with Gasteiger partial charge < -0.3 is 23.4 Å². The lowest BCUT2D eigenvalue weighted by Gasteiger charge is -2.14. The number of aromatic nitrogens is 2. The molecule has 0 N–H and O–H groups in total. The van der Waals surface area contributed by atoms with E-state index in [9.17, 15) is 4.79 Å². The van der Waals surface area contributed by atoms with Crippen LogP contribution in [0.3, 0.4) is 0 Å². The van der Waals surface area contributed by atoms with Gasteiger partial charge in [0.05, 0.1) is 27.8 Å². The minimum Gasteiger partial charge on any atom is -0.493 e. The smallest absolute Gasteiger partial charge is 0.311 e. The Labute approximate surface area is 168 Å². The molecule has 3 aromatic rings. The van der Waals surface area contributed by atoms with Crippen molar-refractivity contribution in [2.75, 3.05) is 21.3 Å². The minimum atomic E-state index is -0.686. The summed E-state index contributed by atoms with van der Waals surface area (Å²) in [5, 5.41) is 7.99. The minimum absolute atomic E-state index is 0.0146. The summed E-state index contributed by atoms with van der Waals surface area (Å²) in [7, 11) is 4.55. The first-order valence-corrected chi connectivity index (χ1v) is 8.93. The van der Waals surface area contributed by atoms with Crippen molar-refractivity contribution < 1.29 is 28.2 Å². The number of carbonyl (C=O) groups excluding carboxylic acids is 1. The molecule has 29 heavy (non-hydrogen) atoms. The van der Waals surface area contributed by atoms with Gasteiger partial charge in [0.1, 0.15) is 0 Å². The van der Waals surface area contributed by atoms with Gasteiger partial charge in [0.2, 0.25) is 11.6 Å². The molecule has 0 bridgehead atoms. The Bertz CT molecular complexity index is 945. The Kier molecular flexibility index (Phi) is 6.33. The van der Waals surface area contributed by atoms with Gasteiger partial charge in [-0.2, -0.15) is 0 Å². The highest BCUT2D eigenvalue weighted by molar-refractivity contribution is 5.73. The third kappa shape index (κ3) is 4.66. The molecule has 152 valence electrons. The lowest BCUT2D eigenvalue weighted by Crippen LogP contribution is -2.12. The predicted molar refractivity (Wildman–Crippen MR) is 104 cm³/mol. The molecular weight excluding hydrogens is 376 g/mol. The second-order valence-corrected chi connectivity index (χ2v) is 6.15. The molecule has 0 amide bonds. The maximum atomic E-state index is 12.4. The van der Waals surface area contributed by atoms with Gasteiger partial charge in [-0.1, -0.05) is 18.2 Å². The quantitative estimate of drug-likeness (QED) is 0.531. The van der Waals surface area contributed by atoms with E-state index in [-0.39, 0.29) is 12.3 Å².